The summed E-state index contributed by atoms with van der Waals surface area (Å²) in [6.07, 6.45) is 0. The molecule has 1 aromatic heterocycles. The van der Waals surface area contributed by atoms with Crippen molar-refractivity contribution in [2.75, 3.05) is 5.32 Å². The van der Waals surface area contributed by atoms with Crippen LogP contribution in [-0.2, 0) is 0 Å². The Bertz CT molecular complexity index is 629. The molecular weight excluding hydrogens is 229 g/mol. The van der Waals surface area contributed by atoms with Crippen LogP contribution in [0.5, 0.6) is 0 Å². The van der Waals surface area contributed by atoms with E-state index in [0.717, 1.165) is 5.56 Å². The van der Waals surface area contributed by atoms with Crippen LogP contribution in [0.2, 0.25) is 0 Å². The Hall–Kier alpha value is -2.41. The number of aryl methyl sites for hydroxylation is 2. The maximum atomic E-state index is 13.7. The Morgan fingerprint density at radius 1 is 1.22 bits per heavy atom. The Kier molecular flexibility index (Phi) is 3.24. The smallest absolute Gasteiger partial charge is 0.146 e. The predicted molar refractivity (Wildman–Crippen MR) is 68.1 cm³/mol. The lowest BCUT2D eigenvalue weighted by molar-refractivity contribution is 0.630. The zero-order chi connectivity index (χ0) is 13.1. The standard InChI is InChI=1S/C14H12FN3/c1-9-3-4-13(12(15)5-9)18-14-7-11(8-16)6-10(2)17-14/h3-7H,1-2H3,(H,17,18). The molecule has 0 atom stereocenters. The summed E-state index contributed by atoms with van der Waals surface area (Å²) in [5.74, 6) is 0.131. The van der Waals surface area contributed by atoms with Gasteiger partial charge in [0.2, 0.25) is 0 Å². The molecule has 4 heteroatoms. The zero-order valence-corrected chi connectivity index (χ0v) is 10.2. The van der Waals surface area contributed by atoms with Gasteiger partial charge in [-0.05, 0) is 43.7 Å². The molecule has 0 amide bonds. The molecule has 3 nitrogen and oxygen atoms in total. The maximum absolute atomic E-state index is 13.7. The first-order chi connectivity index (χ1) is 8.58. The average molecular weight is 241 g/mol. The summed E-state index contributed by atoms with van der Waals surface area (Å²) >= 11 is 0. The molecule has 2 aromatic rings. The second-order valence-corrected chi connectivity index (χ2v) is 4.10. The maximum Gasteiger partial charge on any atom is 0.146 e. The molecule has 0 aliphatic rings. The first-order valence-electron chi connectivity index (χ1n) is 5.50. The molecular formula is C14H12FN3. The van der Waals surface area contributed by atoms with E-state index < -0.39 is 0 Å². The third-order valence-electron chi connectivity index (χ3n) is 2.47. The van der Waals surface area contributed by atoms with Gasteiger partial charge in [0.05, 0.1) is 17.3 Å². The summed E-state index contributed by atoms with van der Waals surface area (Å²) in [6.45, 7) is 3.61. The number of halogens is 1. The highest BCUT2D eigenvalue weighted by Gasteiger charge is 2.05. The van der Waals surface area contributed by atoms with E-state index in [1.807, 2.05) is 19.1 Å². The van der Waals surface area contributed by atoms with Gasteiger partial charge in [-0.25, -0.2) is 9.37 Å². The van der Waals surface area contributed by atoms with Crippen LogP contribution in [0, 0.1) is 31.0 Å². The number of hydrogen-bond acceptors (Lipinski definition) is 3. The van der Waals surface area contributed by atoms with Crippen molar-refractivity contribution >= 4 is 11.5 Å². The van der Waals surface area contributed by atoms with Gasteiger partial charge in [0.1, 0.15) is 11.6 Å². The van der Waals surface area contributed by atoms with E-state index in [0.29, 0.717) is 22.8 Å². The van der Waals surface area contributed by atoms with Gasteiger partial charge >= 0.3 is 0 Å². The van der Waals surface area contributed by atoms with Crippen LogP contribution in [0.4, 0.5) is 15.9 Å². The van der Waals surface area contributed by atoms with E-state index in [-0.39, 0.29) is 5.82 Å². The second kappa shape index (κ2) is 4.84. The van der Waals surface area contributed by atoms with Crippen LogP contribution in [-0.4, -0.2) is 4.98 Å². The van der Waals surface area contributed by atoms with Crippen LogP contribution in [0.25, 0.3) is 0 Å². The van der Waals surface area contributed by atoms with Crippen molar-refractivity contribution in [3.8, 4) is 6.07 Å². The molecule has 0 aliphatic heterocycles. The van der Waals surface area contributed by atoms with Crippen molar-refractivity contribution in [2.45, 2.75) is 13.8 Å². The lowest BCUT2D eigenvalue weighted by atomic mass is 10.2. The summed E-state index contributed by atoms with van der Waals surface area (Å²) in [5.41, 5.74) is 2.41. The van der Waals surface area contributed by atoms with Crippen LogP contribution >= 0.6 is 0 Å². The monoisotopic (exact) mass is 241 g/mol. The third-order valence-corrected chi connectivity index (χ3v) is 2.47. The van der Waals surface area contributed by atoms with E-state index >= 15 is 0 Å². The molecule has 1 N–H and O–H groups in total. The molecule has 90 valence electrons. The number of pyridine rings is 1. The largest absolute Gasteiger partial charge is 0.338 e. The first kappa shape index (κ1) is 12.1. The highest BCUT2D eigenvalue weighted by Crippen LogP contribution is 2.20. The van der Waals surface area contributed by atoms with Crippen molar-refractivity contribution in [1.82, 2.24) is 4.98 Å². The van der Waals surface area contributed by atoms with E-state index in [4.69, 9.17) is 5.26 Å². The average Bonchev–Trinajstić information content (AvgIpc) is 2.32. The van der Waals surface area contributed by atoms with Gasteiger partial charge in [0.25, 0.3) is 0 Å². The van der Waals surface area contributed by atoms with Gasteiger partial charge < -0.3 is 5.32 Å². The fourth-order valence-electron chi connectivity index (χ4n) is 1.66. The summed E-state index contributed by atoms with van der Waals surface area (Å²) in [4.78, 5) is 4.21. The minimum Gasteiger partial charge on any atom is -0.338 e. The molecule has 0 bridgehead atoms. The molecule has 0 spiro atoms. The normalized spacial score (nSPS) is 9.89. The minimum absolute atomic E-state index is 0.336. The number of aromatic nitrogens is 1. The number of nitrogens with one attached hydrogen (secondary N) is 1. The molecule has 0 unspecified atom stereocenters. The molecule has 0 saturated carbocycles. The van der Waals surface area contributed by atoms with Crippen molar-refractivity contribution < 1.29 is 4.39 Å². The molecule has 0 saturated heterocycles. The van der Waals surface area contributed by atoms with Crippen molar-refractivity contribution in [1.29, 1.82) is 5.26 Å². The minimum atomic E-state index is -0.336. The molecule has 2 rings (SSSR count). The predicted octanol–water partition coefficient (Wildman–Crippen LogP) is 3.45. The van der Waals surface area contributed by atoms with Gasteiger partial charge in [-0.1, -0.05) is 6.07 Å². The van der Waals surface area contributed by atoms with E-state index in [2.05, 4.69) is 10.3 Å². The zero-order valence-electron chi connectivity index (χ0n) is 10.2. The number of anilines is 2. The molecule has 1 heterocycles. The summed E-state index contributed by atoms with van der Waals surface area (Å²) in [6, 6.07) is 10.2. The first-order valence-corrected chi connectivity index (χ1v) is 5.50. The molecule has 0 aliphatic carbocycles. The van der Waals surface area contributed by atoms with E-state index in [1.165, 1.54) is 6.07 Å². The Morgan fingerprint density at radius 2 is 2.00 bits per heavy atom. The lowest BCUT2D eigenvalue weighted by Gasteiger charge is -2.08. The number of nitrogens with zero attached hydrogens (tertiary/aromatic N) is 2. The molecule has 0 fully saturated rings. The van der Waals surface area contributed by atoms with Crippen molar-refractivity contribution in [3.05, 3.63) is 53.0 Å². The lowest BCUT2D eigenvalue weighted by Crippen LogP contribution is -1.98. The topological polar surface area (TPSA) is 48.7 Å². The Balaban J connectivity index is 2.34. The SMILES string of the molecule is Cc1ccc(Nc2cc(C#N)cc(C)n2)c(F)c1. The summed E-state index contributed by atoms with van der Waals surface area (Å²) in [7, 11) is 0. The highest BCUT2D eigenvalue weighted by atomic mass is 19.1. The van der Waals surface area contributed by atoms with E-state index in [1.54, 1.807) is 25.1 Å². The second-order valence-electron chi connectivity index (χ2n) is 4.10. The van der Waals surface area contributed by atoms with E-state index in [9.17, 15) is 4.39 Å². The fraction of sp³-hybridized carbons (Fsp3) is 0.143. The van der Waals surface area contributed by atoms with Gasteiger partial charge in [-0.3, -0.25) is 0 Å². The summed E-state index contributed by atoms with van der Waals surface area (Å²) in [5, 5.41) is 11.7. The third kappa shape index (κ3) is 2.64. The quantitative estimate of drug-likeness (QED) is 0.876. The van der Waals surface area contributed by atoms with Crippen molar-refractivity contribution in [3.63, 3.8) is 0 Å². The van der Waals surface area contributed by atoms with Crippen LogP contribution < -0.4 is 5.32 Å². The van der Waals surface area contributed by atoms with Crippen LogP contribution in [0.15, 0.2) is 30.3 Å². The number of rotatable bonds is 2. The Labute approximate surface area is 105 Å². The molecule has 1 aromatic carbocycles. The number of benzene rings is 1. The fourth-order valence-corrected chi connectivity index (χ4v) is 1.66. The highest BCUT2D eigenvalue weighted by molar-refractivity contribution is 5.59. The number of nitriles is 1. The molecule has 0 radical (unpaired) electrons. The van der Waals surface area contributed by atoms with Crippen LogP contribution in [0.1, 0.15) is 16.8 Å². The number of hydrogen-bond donors (Lipinski definition) is 1. The Morgan fingerprint density at radius 3 is 2.67 bits per heavy atom. The van der Waals surface area contributed by atoms with Gasteiger partial charge in [0, 0.05) is 5.69 Å². The van der Waals surface area contributed by atoms with Crippen LogP contribution in [0.3, 0.4) is 0 Å². The van der Waals surface area contributed by atoms with Gasteiger partial charge in [-0.15, -0.1) is 0 Å². The summed E-state index contributed by atoms with van der Waals surface area (Å²) < 4.78 is 13.7. The molecule has 18 heavy (non-hydrogen) atoms. The van der Waals surface area contributed by atoms with Gasteiger partial charge in [-0.2, -0.15) is 5.26 Å². The van der Waals surface area contributed by atoms with Crippen molar-refractivity contribution in [2.24, 2.45) is 0 Å². The van der Waals surface area contributed by atoms with Gasteiger partial charge in [0.15, 0.2) is 0 Å².